The summed E-state index contributed by atoms with van der Waals surface area (Å²) in [6, 6.07) is 0. The quantitative estimate of drug-likeness (QED) is 0.811. The first-order chi connectivity index (χ1) is 7.70. The predicted octanol–water partition coefficient (Wildman–Crippen LogP) is 0.553. The summed E-state index contributed by atoms with van der Waals surface area (Å²) in [7, 11) is 0. The standard InChI is InChI=1S/C9H14N6O/c1-3-4-8-11-7(13-16-8)5-15-6(2)9(10)12-14-15/h3-5,10H2,1-2H3. The predicted molar refractivity (Wildman–Crippen MR) is 56.6 cm³/mol. The van der Waals surface area contributed by atoms with E-state index in [1.165, 1.54) is 0 Å². The molecule has 0 aliphatic rings. The fourth-order valence-electron chi connectivity index (χ4n) is 1.33. The van der Waals surface area contributed by atoms with E-state index in [2.05, 4.69) is 27.4 Å². The van der Waals surface area contributed by atoms with Crippen LogP contribution in [0.4, 0.5) is 5.82 Å². The van der Waals surface area contributed by atoms with Gasteiger partial charge in [0.2, 0.25) is 5.89 Å². The van der Waals surface area contributed by atoms with Gasteiger partial charge in [-0.25, -0.2) is 4.68 Å². The van der Waals surface area contributed by atoms with Crippen LogP contribution in [0.1, 0.15) is 30.8 Å². The Morgan fingerprint density at radius 2 is 2.25 bits per heavy atom. The Kier molecular flexibility index (Phi) is 2.84. The van der Waals surface area contributed by atoms with Gasteiger partial charge in [0, 0.05) is 6.42 Å². The van der Waals surface area contributed by atoms with Gasteiger partial charge in [-0.05, 0) is 13.3 Å². The average molecular weight is 222 g/mol. The number of hydrogen-bond acceptors (Lipinski definition) is 6. The molecule has 16 heavy (non-hydrogen) atoms. The molecule has 0 aromatic carbocycles. The van der Waals surface area contributed by atoms with Crippen molar-refractivity contribution in [2.45, 2.75) is 33.2 Å². The Morgan fingerprint density at radius 3 is 2.88 bits per heavy atom. The van der Waals surface area contributed by atoms with Crippen molar-refractivity contribution in [3.8, 4) is 0 Å². The third kappa shape index (κ3) is 2.02. The highest BCUT2D eigenvalue weighted by Gasteiger charge is 2.10. The van der Waals surface area contributed by atoms with E-state index in [4.69, 9.17) is 10.3 Å². The lowest BCUT2D eigenvalue weighted by Crippen LogP contribution is -2.06. The van der Waals surface area contributed by atoms with E-state index in [1.807, 2.05) is 6.92 Å². The first kappa shape index (κ1) is 10.6. The molecule has 86 valence electrons. The lowest BCUT2D eigenvalue weighted by molar-refractivity contribution is 0.370. The maximum absolute atomic E-state index is 5.59. The number of nitrogens with zero attached hydrogens (tertiary/aromatic N) is 5. The van der Waals surface area contributed by atoms with Crippen molar-refractivity contribution >= 4 is 5.82 Å². The highest BCUT2D eigenvalue weighted by molar-refractivity contribution is 5.31. The Balaban J connectivity index is 2.11. The summed E-state index contributed by atoms with van der Waals surface area (Å²) in [6.45, 7) is 4.34. The molecule has 0 spiro atoms. The second kappa shape index (κ2) is 4.30. The van der Waals surface area contributed by atoms with Crippen LogP contribution in [-0.2, 0) is 13.0 Å². The van der Waals surface area contributed by atoms with Gasteiger partial charge in [-0.3, -0.25) is 0 Å². The van der Waals surface area contributed by atoms with E-state index >= 15 is 0 Å². The lowest BCUT2D eigenvalue weighted by atomic mass is 10.3. The average Bonchev–Trinajstić information content (AvgIpc) is 2.82. The molecule has 0 unspecified atom stereocenters. The van der Waals surface area contributed by atoms with Crippen LogP contribution >= 0.6 is 0 Å². The van der Waals surface area contributed by atoms with Gasteiger partial charge in [0.15, 0.2) is 11.6 Å². The molecule has 2 heterocycles. The minimum Gasteiger partial charge on any atom is -0.381 e. The second-order valence-corrected chi connectivity index (χ2v) is 3.57. The highest BCUT2D eigenvalue weighted by atomic mass is 16.5. The number of rotatable bonds is 4. The van der Waals surface area contributed by atoms with Crippen molar-refractivity contribution in [3.05, 3.63) is 17.4 Å². The van der Waals surface area contributed by atoms with E-state index in [0.717, 1.165) is 18.5 Å². The molecule has 0 atom stereocenters. The Bertz CT molecular complexity index is 474. The minimum absolute atomic E-state index is 0.428. The maximum Gasteiger partial charge on any atom is 0.226 e. The van der Waals surface area contributed by atoms with E-state index in [1.54, 1.807) is 4.68 Å². The Labute approximate surface area is 92.6 Å². The van der Waals surface area contributed by atoms with Crippen LogP contribution in [-0.4, -0.2) is 25.1 Å². The number of nitrogen functional groups attached to an aromatic ring is 1. The molecule has 0 amide bonds. The van der Waals surface area contributed by atoms with Gasteiger partial charge in [0.1, 0.15) is 6.54 Å². The molecular formula is C9H14N6O. The normalized spacial score (nSPS) is 10.9. The van der Waals surface area contributed by atoms with Crippen LogP contribution in [0.25, 0.3) is 0 Å². The van der Waals surface area contributed by atoms with E-state index in [-0.39, 0.29) is 0 Å². The largest absolute Gasteiger partial charge is 0.381 e. The van der Waals surface area contributed by atoms with Crippen LogP contribution in [0, 0.1) is 6.92 Å². The fraction of sp³-hybridized carbons (Fsp3) is 0.556. The fourth-order valence-corrected chi connectivity index (χ4v) is 1.33. The molecule has 2 aromatic heterocycles. The summed E-state index contributed by atoms with van der Waals surface area (Å²) < 4.78 is 6.72. The van der Waals surface area contributed by atoms with Crippen LogP contribution < -0.4 is 5.73 Å². The van der Waals surface area contributed by atoms with E-state index in [0.29, 0.717) is 24.1 Å². The monoisotopic (exact) mass is 222 g/mol. The topological polar surface area (TPSA) is 95.7 Å². The SMILES string of the molecule is CCCc1nc(Cn2nnc(N)c2C)no1. The Hall–Kier alpha value is -1.92. The zero-order valence-corrected chi connectivity index (χ0v) is 9.34. The van der Waals surface area contributed by atoms with Gasteiger partial charge in [-0.1, -0.05) is 17.3 Å². The summed E-state index contributed by atoms with van der Waals surface area (Å²) >= 11 is 0. The van der Waals surface area contributed by atoms with Crippen molar-refractivity contribution in [2.24, 2.45) is 0 Å². The summed E-state index contributed by atoms with van der Waals surface area (Å²) in [5.74, 6) is 1.68. The molecule has 0 bridgehead atoms. The zero-order valence-electron chi connectivity index (χ0n) is 9.34. The summed E-state index contributed by atoms with van der Waals surface area (Å²) in [4.78, 5) is 4.24. The molecule has 2 aromatic rings. The maximum atomic E-state index is 5.59. The van der Waals surface area contributed by atoms with Crippen molar-refractivity contribution in [3.63, 3.8) is 0 Å². The van der Waals surface area contributed by atoms with Gasteiger partial charge in [-0.15, -0.1) is 5.10 Å². The van der Waals surface area contributed by atoms with Crippen molar-refractivity contribution < 1.29 is 4.52 Å². The molecule has 0 fully saturated rings. The molecule has 2 rings (SSSR count). The Morgan fingerprint density at radius 1 is 1.44 bits per heavy atom. The van der Waals surface area contributed by atoms with Crippen molar-refractivity contribution in [2.75, 3.05) is 5.73 Å². The smallest absolute Gasteiger partial charge is 0.226 e. The number of aromatic nitrogens is 5. The molecule has 2 N–H and O–H groups in total. The van der Waals surface area contributed by atoms with Crippen LogP contribution in [0.5, 0.6) is 0 Å². The third-order valence-electron chi connectivity index (χ3n) is 2.28. The summed E-state index contributed by atoms with van der Waals surface area (Å²) in [6.07, 6.45) is 1.78. The van der Waals surface area contributed by atoms with Crippen LogP contribution in [0.3, 0.4) is 0 Å². The van der Waals surface area contributed by atoms with Crippen molar-refractivity contribution in [1.29, 1.82) is 0 Å². The first-order valence-corrected chi connectivity index (χ1v) is 5.17. The van der Waals surface area contributed by atoms with Gasteiger partial charge in [-0.2, -0.15) is 4.98 Å². The lowest BCUT2D eigenvalue weighted by Gasteiger charge is -1.97. The molecular weight excluding hydrogens is 208 g/mol. The minimum atomic E-state index is 0.428. The number of anilines is 1. The van der Waals surface area contributed by atoms with E-state index in [9.17, 15) is 0 Å². The van der Waals surface area contributed by atoms with Crippen LogP contribution in [0.15, 0.2) is 4.52 Å². The molecule has 7 heteroatoms. The molecule has 0 saturated carbocycles. The number of aryl methyl sites for hydroxylation is 1. The van der Waals surface area contributed by atoms with Gasteiger partial charge in [0.05, 0.1) is 5.69 Å². The summed E-state index contributed by atoms with van der Waals surface area (Å²) in [5, 5.41) is 11.5. The summed E-state index contributed by atoms with van der Waals surface area (Å²) in [5.41, 5.74) is 6.40. The van der Waals surface area contributed by atoms with Gasteiger partial charge < -0.3 is 10.3 Å². The molecule has 0 radical (unpaired) electrons. The number of hydrogen-bond donors (Lipinski definition) is 1. The molecule has 0 aliphatic heterocycles. The zero-order chi connectivity index (χ0) is 11.5. The van der Waals surface area contributed by atoms with E-state index < -0.39 is 0 Å². The van der Waals surface area contributed by atoms with Crippen molar-refractivity contribution in [1.82, 2.24) is 25.1 Å². The van der Waals surface area contributed by atoms with Gasteiger partial charge >= 0.3 is 0 Å². The highest BCUT2D eigenvalue weighted by Crippen LogP contribution is 2.07. The van der Waals surface area contributed by atoms with Crippen LogP contribution in [0.2, 0.25) is 0 Å². The molecule has 0 aliphatic carbocycles. The van der Waals surface area contributed by atoms with Gasteiger partial charge in [0.25, 0.3) is 0 Å². The third-order valence-corrected chi connectivity index (χ3v) is 2.28. The molecule has 7 nitrogen and oxygen atoms in total. The molecule has 0 saturated heterocycles. The first-order valence-electron chi connectivity index (χ1n) is 5.17. The second-order valence-electron chi connectivity index (χ2n) is 3.57. The number of nitrogens with two attached hydrogens (primary N) is 1.